The quantitative estimate of drug-likeness (QED) is 0.578. The minimum absolute atomic E-state index is 0.00772. The molecule has 0 bridgehead atoms. The van der Waals surface area contributed by atoms with Crippen molar-refractivity contribution >= 4 is 17.2 Å². The lowest BCUT2D eigenvalue weighted by molar-refractivity contribution is -0.143. The molecule has 0 fully saturated rings. The molecule has 0 aliphatic carbocycles. The van der Waals surface area contributed by atoms with Crippen molar-refractivity contribution in [1.29, 1.82) is 0 Å². The third kappa shape index (κ3) is 4.05. The van der Waals surface area contributed by atoms with Gasteiger partial charge in [-0.1, -0.05) is 6.92 Å². The number of halogens is 6. The van der Waals surface area contributed by atoms with E-state index in [2.05, 4.69) is 10.3 Å². The van der Waals surface area contributed by atoms with Crippen LogP contribution in [-0.4, -0.2) is 22.4 Å². The lowest BCUT2D eigenvalue weighted by Gasteiger charge is -2.15. The van der Waals surface area contributed by atoms with E-state index in [-0.39, 0.29) is 11.8 Å². The highest BCUT2D eigenvalue weighted by Gasteiger charge is 2.37. The topological polar surface area (TPSA) is 55.6 Å². The first-order valence-electron chi connectivity index (χ1n) is 8.60. The lowest BCUT2D eigenvalue weighted by atomic mass is 10.1. The molecule has 3 aromatic rings. The van der Waals surface area contributed by atoms with Crippen molar-refractivity contribution in [2.24, 2.45) is 0 Å². The van der Waals surface area contributed by atoms with E-state index in [1.807, 2.05) is 0 Å². The maximum absolute atomic E-state index is 13.0. The van der Waals surface area contributed by atoms with Crippen LogP contribution < -0.4 is 10.1 Å². The van der Waals surface area contributed by atoms with Crippen molar-refractivity contribution in [3.63, 3.8) is 0 Å². The summed E-state index contributed by atoms with van der Waals surface area (Å²) in [6.07, 6.45) is -8.26. The first kappa shape index (κ1) is 21.5. The maximum Gasteiger partial charge on any atom is 0.416 e. The summed E-state index contributed by atoms with van der Waals surface area (Å²) >= 11 is 0. The van der Waals surface area contributed by atoms with Crippen LogP contribution in [0.2, 0.25) is 0 Å². The number of fused-ring (bicyclic) bond motifs is 1. The Morgan fingerprint density at radius 1 is 1.10 bits per heavy atom. The summed E-state index contributed by atoms with van der Waals surface area (Å²) in [6, 6.07) is 4.05. The zero-order valence-corrected chi connectivity index (χ0v) is 15.6. The van der Waals surface area contributed by atoms with Gasteiger partial charge in [0.05, 0.1) is 23.9 Å². The number of ether oxygens (including phenoxy) is 1. The molecular weight excluding hydrogens is 416 g/mol. The standard InChI is InChI=1S/C19H15F6N3O2/c1-3-13-15(28-6-4-5-14(30-2)16(28)27-13)17(29)26-12-8-10(18(20,21)22)7-11(9-12)19(23,24)25/h4-9H,3H2,1-2H3,(H,26,29). The van der Waals surface area contributed by atoms with Crippen molar-refractivity contribution in [2.75, 3.05) is 12.4 Å². The summed E-state index contributed by atoms with van der Waals surface area (Å²) in [5.41, 5.74) is -3.10. The minimum Gasteiger partial charge on any atom is -0.493 e. The van der Waals surface area contributed by atoms with Gasteiger partial charge in [0.15, 0.2) is 11.4 Å². The Bertz CT molecular complexity index is 1070. The van der Waals surface area contributed by atoms with Crippen LogP contribution >= 0.6 is 0 Å². The second-order valence-electron chi connectivity index (χ2n) is 6.28. The first-order valence-corrected chi connectivity index (χ1v) is 8.60. The van der Waals surface area contributed by atoms with Crippen molar-refractivity contribution < 1.29 is 35.9 Å². The molecule has 30 heavy (non-hydrogen) atoms. The molecule has 3 rings (SSSR count). The molecule has 2 heterocycles. The Labute approximate surface area is 166 Å². The number of methoxy groups -OCH3 is 1. The number of hydrogen-bond donors (Lipinski definition) is 1. The van der Waals surface area contributed by atoms with Crippen molar-refractivity contribution in [2.45, 2.75) is 25.7 Å². The second-order valence-corrected chi connectivity index (χ2v) is 6.28. The third-order valence-corrected chi connectivity index (χ3v) is 4.30. The average Bonchev–Trinajstić information content (AvgIpc) is 3.05. The molecule has 1 amide bonds. The van der Waals surface area contributed by atoms with E-state index in [9.17, 15) is 31.1 Å². The highest BCUT2D eigenvalue weighted by Crippen LogP contribution is 2.37. The summed E-state index contributed by atoms with van der Waals surface area (Å²) in [7, 11) is 1.40. The van der Waals surface area contributed by atoms with E-state index in [0.29, 0.717) is 35.6 Å². The molecular formula is C19H15F6N3O2. The van der Waals surface area contributed by atoms with Gasteiger partial charge in [0.25, 0.3) is 5.91 Å². The number of hydrogen-bond acceptors (Lipinski definition) is 3. The number of benzene rings is 1. The Balaban J connectivity index is 2.08. The Morgan fingerprint density at radius 2 is 1.70 bits per heavy atom. The van der Waals surface area contributed by atoms with Crippen LogP contribution in [0.25, 0.3) is 5.65 Å². The van der Waals surface area contributed by atoms with Gasteiger partial charge >= 0.3 is 12.4 Å². The summed E-state index contributed by atoms with van der Waals surface area (Å²) in [5.74, 6) is -0.551. The molecule has 0 saturated heterocycles. The maximum atomic E-state index is 13.0. The van der Waals surface area contributed by atoms with E-state index in [1.54, 1.807) is 19.1 Å². The van der Waals surface area contributed by atoms with Gasteiger partial charge < -0.3 is 10.1 Å². The predicted octanol–water partition coefficient (Wildman–Crippen LogP) is 5.20. The fourth-order valence-corrected chi connectivity index (χ4v) is 2.95. The number of carbonyl (C=O) groups is 1. The molecule has 0 aliphatic heterocycles. The summed E-state index contributed by atoms with van der Waals surface area (Å²) < 4.78 is 84.8. The molecule has 0 atom stereocenters. The van der Waals surface area contributed by atoms with Crippen LogP contribution in [0.5, 0.6) is 5.75 Å². The highest BCUT2D eigenvalue weighted by atomic mass is 19.4. The first-order chi connectivity index (χ1) is 14.0. The SMILES string of the molecule is CCc1nc2c(OC)cccn2c1C(=O)Nc1cc(C(F)(F)F)cc(C(F)(F)F)c1. The van der Waals surface area contributed by atoms with Crippen LogP contribution in [0.1, 0.15) is 34.2 Å². The van der Waals surface area contributed by atoms with Crippen LogP contribution in [-0.2, 0) is 18.8 Å². The average molecular weight is 431 g/mol. The van der Waals surface area contributed by atoms with Crippen LogP contribution in [0.3, 0.4) is 0 Å². The number of nitrogens with one attached hydrogen (secondary N) is 1. The number of imidazole rings is 1. The fourth-order valence-electron chi connectivity index (χ4n) is 2.95. The predicted molar refractivity (Wildman–Crippen MR) is 95.5 cm³/mol. The molecule has 11 heteroatoms. The van der Waals surface area contributed by atoms with Crippen LogP contribution in [0.15, 0.2) is 36.5 Å². The van der Waals surface area contributed by atoms with Gasteiger partial charge in [-0.15, -0.1) is 0 Å². The summed E-state index contributed by atoms with van der Waals surface area (Å²) in [5, 5.41) is 2.13. The number of alkyl halides is 6. The van der Waals surface area contributed by atoms with Gasteiger partial charge in [-0.25, -0.2) is 4.98 Å². The van der Waals surface area contributed by atoms with E-state index >= 15 is 0 Å². The molecule has 0 saturated carbocycles. The smallest absolute Gasteiger partial charge is 0.416 e. The number of pyridine rings is 1. The molecule has 5 nitrogen and oxygen atoms in total. The Hall–Kier alpha value is -3.24. The summed E-state index contributed by atoms with van der Waals surface area (Å²) in [4.78, 5) is 17.1. The molecule has 2 aromatic heterocycles. The van der Waals surface area contributed by atoms with Crippen molar-refractivity contribution in [3.05, 3.63) is 59.0 Å². The molecule has 0 unspecified atom stereocenters. The Morgan fingerprint density at radius 3 is 2.20 bits per heavy atom. The number of anilines is 1. The van der Waals surface area contributed by atoms with E-state index in [1.165, 1.54) is 17.7 Å². The molecule has 0 radical (unpaired) electrons. The minimum atomic E-state index is -5.02. The van der Waals surface area contributed by atoms with E-state index < -0.39 is 35.1 Å². The number of aromatic nitrogens is 2. The van der Waals surface area contributed by atoms with E-state index in [0.717, 1.165) is 0 Å². The van der Waals surface area contributed by atoms with Crippen LogP contribution in [0.4, 0.5) is 32.0 Å². The number of nitrogens with zero attached hydrogens (tertiary/aromatic N) is 2. The number of aryl methyl sites for hydroxylation is 1. The zero-order chi connectivity index (χ0) is 22.3. The normalized spacial score (nSPS) is 12.3. The lowest BCUT2D eigenvalue weighted by Crippen LogP contribution is -2.18. The fraction of sp³-hybridized carbons (Fsp3) is 0.263. The number of rotatable bonds is 4. The van der Waals surface area contributed by atoms with Gasteiger partial charge in [-0.2, -0.15) is 26.3 Å². The molecule has 1 N–H and O–H groups in total. The monoisotopic (exact) mass is 431 g/mol. The highest BCUT2D eigenvalue weighted by molar-refractivity contribution is 6.04. The van der Waals surface area contributed by atoms with Gasteiger partial charge in [-0.05, 0) is 36.8 Å². The molecule has 0 aliphatic rings. The van der Waals surface area contributed by atoms with Crippen LogP contribution in [0, 0.1) is 0 Å². The largest absolute Gasteiger partial charge is 0.493 e. The second kappa shape index (κ2) is 7.54. The van der Waals surface area contributed by atoms with Crippen molar-refractivity contribution in [3.8, 4) is 5.75 Å². The third-order valence-electron chi connectivity index (χ3n) is 4.30. The van der Waals surface area contributed by atoms with Gasteiger partial charge in [0.1, 0.15) is 5.69 Å². The summed E-state index contributed by atoms with van der Waals surface area (Å²) in [6.45, 7) is 1.71. The number of carbonyl (C=O) groups excluding carboxylic acids is 1. The van der Waals surface area contributed by atoms with E-state index in [4.69, 9.17) is 4.74 Å². The number of amides is 1. The zero-order valence-electron chi connectivity index (χ0n) is 15.6. The van der Waals surface area contributed by atoms with Gasteiger partial charge in [-0.3, -0.25) is 9.20 Å². The van der Waals surface area contributed by atoms with Crippen molar-refractivity contribution in [1.82, 2.24) is 9.38 Å². The van der Waals surface area contributed by atoms with Gasteiger partial charge in [0, 0.05) is 11.9 Å². The Kier molecular flexibility index (Phi) is 5.40. The molecule has 160 valence electrons. The van der Waals surface area contributed by atoms with Gasteiger partial charge in [0.2, 0.25) is 0 Å². The molecule has 0 spiro atoms. The molecule has 1 aromatic carbocycles.